The van der Waals surface area contributed by atoms with Gasteiger partial charge >= 0.3 is 0 Å². The first-order chi connectivity index (χ1) is 9.15. The molecule has 0 aromatic rings. The van der Waals surface area contributed by atoms with E-state index in [1.165, 1.54) is 0 Å². The molecule has 0 heterocycles. The van der Waals surface area contributed by atoms with Gasteiger partial charge in [-0.3, -0.25) is 0 Å². The summed E-state index contributed by atoms with van der Waals surface area (Å²) in [5.41, 5.74) is 0. The zero-order valence-electron chi connectivity index (χ0n) is 11.7. The predicted molar refractivity (Wildman–Crippen MR) is 75.1 cm³/mol. The number of hydrogen-bond acceptors (Lipinski definition) is 0. The number of allylic oxidation sites excluding steroid dienone is 2. The average Bonchev–Trinajstić information content (AvgIpc) is 2.39. The van der Waals surface area contributed by atoms with E-state index in [1.54, 1.807) is 0 Å². The van der Waals surface area contributed by atoms with Crippen LogP contribution in [0.3, 0.4) is 0 Å². The topological polar surface area (TPSA) is 0 Å². The van der Waals surface area contributed by atoms with Crippen molar-refractivity contribution in [2.24, 2.45) is 23.7 Å². The Hall–Kier alpha value is -0.840. The molecular weight excluding hydrogens is 242 g/mol. The van der Waals surface area contributed by atoms with Crippen molar-refractivity contribution in [3.05, 3.63) is 12.2 Å². The zero-order valence-corrected chi connectivity index (χ0v) is 11.7. The molecule has 0 N–H and O–H groups in total. The Morgan fingerprint density at radius 2 is 1.58 bits per heavy atom. The van der Waals surface area contributed by atoms with E-state index in [-0.39, 0.29) is 5.92 Å². The molecule has 0 amide bonds. The fourth-order valence-electron chi connectivity index (χ4n) is 3.87. The van der Waals surface area contributed by atoms with Gasteiger partial charge in [-0.15, -0.1) is 6.42 Å². The summed E-state index contributed by atoms with van der Waals surface area (Å²) in [7, 11) is 0. The molecule has 0 bridgehead atoms. The lowest BCUT2D eigenvalue weighted by atomic mass is 9.68. The second-order valence-corrected chi connectivity index (χ2v) is 6.16. The van der Waals surface area contributed by atoms with Crippen LogP contribution in [0.5, 0.6) is 0 Å². The van der Waals surface area contributed by atoms with E-state index >= 15 is 0 Å². The van der Waals surface area contributed by atoms with E-state index in [0.717, 1.165) is 25.7 Å². The fraction of sp³-hybridized carbons (Fsp3) is 0.765. The van der Waals surface area contributed by atoms with Crippen LogP contribution in [-0.2, 0) is 0 Å². The van der Waals surface area contributed by atoms with Crippen LogP contribution < -0.4 is 0 Å². The highest BCUT2D eigenvalue weighted by Gasteiger charge is 2.40. The molecule has 0 saturated heterocycles. The van der Waals surface area contributed by atoms with E-state index in [9.17, 15) is 8.78 Å². The first kappa shape index (κ1) is 14.6. The molecular formula is C17H24F2. The minimum Gasteiger partial charge on any atom is -0.246 e. The van der Waals surface area contributed by atoms with Crippen LogP contribution in [0, 0.1) is 36.0 Å². The van der Waals surface area contributed by atoms with Crippen molar-refractivity contribution in [1.82, 2.24) is 0 Å². The quantitative estimate of drug-likeness (QED) is 0.502. The summed E-state index contributed by atoms with van der Waals surface area (Å²) in [6, 6.07) is 0. The van der Waals surface area contributed by atoms with Crippen molar-refractivity contribution in [2.75, 3.05) is 0 Å². The van der Waals surface area contributed by atoms with Crippen molar-refractivity contribution in [3.8, 4) is 12.3 Å². The number of alkyl halides is 2. The lowest BCUT2D eigenvalue weighted by Gasteiger charge is -2.39. The summed E-state index contributed by atoms with van der Waals surface area (Å²) < 4.78 is 27.8. The average molecular weight is 266 g/mol. The molecule has 2 unspecified atom stereocenters. The number of rotatable bonds is 2. The number of terminal acetylenes is 1. The van der Waals surface area contributed by atoms with Gasteiger partial charge in [-0.1, -0.05) is 18.1 Å². The molecule has 0 radical (unpaired) electrons. The van der Waals surface area contributed by atoms with Crippen LogP contribution in [-0.4, -0.2) is 12.3 Å². The second-order valence-electron chi connectivity index (χ2n) is 6.16. The highest BCUT2D eigenvalue weighted by Crippen LogP contribution is 2.43. The van der Waals surface area contributed by atoms with Crippen molar-refractivity contribution >= 4 is 0 Å². The molecule has 0 aromatic heterocycles. The van der Waals surface area contributed by atoms with Crippen molar-refractivity contribution in [2.45, 2.75) is 57.8 Å². The molecule has 2 fully saturated rings. The standard InChI is InChI=1S/C17H24F2/c1-3-5-12-6-8-13(9-7-12)14-10-16(18)15(4-2)17(19)11-14/h2-3,5,12-17H,6-11H2,1H3. The number of halogens is 2. The molecule has 2 aliphatic carbocycles. The van der Waals surface area contributed by atoms with Crippen LogP contribution in [0.4, 0.5) is 8.78 Å². The maximum Gasteiger partial charge on any atom is 0.117 e. The summed E-state index contributed by atoms with van der Waals surface area (Å²) in [6.45, 7) is 2.05. The highest BCUT2D eigenvalue weighted by molar-refractivity contribution is 5.05. The van der Waals surface area contributed by atoms with Crippen molar-refractivity contribution < 1.29 is 8.78 Å². The van der Waals surface area contributed by atoms with Gasteiger partial charge < -0.3 is 0 Å². The largest absolute Gasteiger partial charge is 0.246 e. The molecule has 0 nitrogen and oxygen atoms in total. The van der Waals surface area contributed by atoms with Gasteiger partial charge in [0.15, 0.2) is 0 Å². The molecule has 2 heteroatoms. The molecule has 106 valence electrons. The summed E-state index contributed by atoms with van der Waals surface area (Å²) in [6.07, 6.45) is 12.8. The van der Waals surface area contributed by atoms with E-state index in [2.05, 4.69) is 25.0 Å². The Balaban J connectivity index is 1.89. The van der Waals surface area contributed by atoms with Crippen LogP contribution in [0.1, 0.15) is 45.4 Å². The monoisotopic (exact) mass is 266 g/mol. The van der Waals surface area contributed by atoms with Gasteiger partial charge in [-0.25, -0.2) is 8.78 Å². The molecule has 0 spiro atoms. The molecule has 0 aliphatic heterocycles. The van der Waals surface area contributed by atoms with Gasteiger partial charge in [0.1, 0.15) is 12.3 Å². The Labute approximate surface area is 115 Å². The smallest absolute Gasteiger partial charge is 0.117 e. The van der Waals surface area contributed by atoms with E-state index in [4.69, 9.17) is 6.42 Å². The lowest BCUT2D eigenvalue weighted by Crippen LogP contribution is -2.38. The van der Waals surface area contributed by atoms with Crippen molar-refractivity contribution in [3.63, 3.8) is 0 Å². The zero-order chi connectivity index (χ0) is 13.8. The third-order valence-corrected chi connectivity index (χ3v) is 4.98. The maximum atomic E-state index is 13.9. The molecule has 2 saturated carbocycles. The van der Waals surface area contributed by atoms with Crippen LogP contribution in [0.15, 0.2) is 12.2 Å². The minimum atomic E-state index is -1.15. The minimum absolute atomic E-state index is 0.196. The van der Waals surface area contributed by atoms with Crippen molar-refractivity contribution in [1.29, 1.82) is 0 Å². The molecule has 2 atom stereocenters. The Morgan fingerprint density at radius 3 is 2.05 bits per heavy atom. The molecule has 19 heavy (non-hydrogen) atoms. The first-order valence-electron chi connectivity index (χ1n) is 7.52. The Bertz CT molecular complexity index is 335. The third-order valence-electron chi connectivity index (χ3n) is 4.98. The summed E-state index contributed by atoms with van der Waals surface area (Å²) >= 11 is 0. The van der Waals surface area contributed by atoms with Crippen LogP contribution in [0.25, 0.3) is 0 Å². The van der Waals surface area contributed by atoms with Crippen LogP contribution >= 0.6 is 0 Å². The Morgan fingerprint density at radius 1 is 1.00 bits per heavy atom. The van der Waals surface area contributed by atoms with E-state index < -0.39 is 18.3 Å². The Kier molecular flexibility index (Phi) is 5.02. The van der Waals surface area contributed by atoms with Crippen LogP contribution in [0.2, 0.25) is 0 Å². The summed E-state index contributed by atoms with van der Waals surface area (Å²) in [4.78, 5) is 0. The normalized spacial score (nSPS) is 44.1. The van der Waals surface area contributed by atoms with E-state index in [0.29, 0.717) is 24.7 Å². The SMILES string of the molecule is C#CC1C(F)CC(C2CCC(C=CC)CC2)CC1F. The van der Waals surface area contributed by atoms with E-state index in [1.807, 2.05) is 0 Å². The van der Waals surface area contributed by atoms with Gasteiger partial charge in [0.2, 0.25) is 0 Å². The summed E-state index contributed by atoms with van der Waals surface area (Å²) in [5.74, 6) is 2.85. The third kappa shape index (κ3) is 3.38. The highest BCUT2D eigenvalue weighted by atomic mass is 19.1. The van der Waals surface area contributed by atoms with Gasteiger partial charge in [0.05, 0.1) is 5.92 Å². The number of hydrogen-bond donors (Lipinski definition) is 0. The molecule has 0 aromatic carbocycles. The molecule has 2 aliphatic rings. The maximum absolute atomic E-state index is 13.9. The fourth-order valence-corrected chi connectivity index (χ4v) is 3.87. The van der Waals surface area contributed by atoms with Gasteiger partial charge in [-0.2, -0.15) is 0 Å². The molecule has 2 rings (SSSR count). The van der Waals surface area contributed by atoms with Gasteiger partial charge in [0.25, 0.3) is 0 Å². The second kappa shape index (κ2) is 6.55. The summed E-state index contributed by atoms with van der Waals surface area (Å²) in [5, 5.41) is 0. The predicted octanol–water partition coefficient (Wildman–Crippen LogP) is 4.70. The first-order valence-corrected chi connectivity index (χ1v) is 7.52. The van der Waals surface area contributed by atoms with Gasteiger partial charge in [-0.05, 0) is 63.2 Å². The van der Waals surface area contributed by atoms with Gasteiger partial charge in [0, 0.05) is 0 Å². The lowest BCUT2D eigenvalue weighted by molar-refractivity contribution is 0.0407.